The predicted octanol–water partition coefficient (Wildman–Crippen LogP) is 1.69. The van der Waals surface area contributed by atoms with Gasteiger partial charge in [-0.15, -0.1) is 5.10 Å². The van der Waals surface area contributed by atoms with Crippen molar-refractivity contribution in [2.75, 3.05) is 0 Å². The van der Waals surface area contributed by atoms with E-state index >= 15 is 0 Å². The number of carboxylic acids is 1. The maximum absolute atomic E-state index is 10.9. The van der Waals surface area contributed by atoms with Gasteiger partial charge in [-0.3, -0.25) is 0 Å². The average Bonchev–Trinajstić information content (AvgIpc) is 2.77. The van der Waals surface area contributed by atoms with Crippen molar-refractivity contribution in [3.05, 3.63) is 34.1 Å². The van der Waals surface area contributed by atoms with Gasteiger partial charge in [0.15, 0.2) is 5.82 Å². The fourth-order valence-electron chi connectivity index (χ4n) is 1.42. The number of halogens is 1. The quantitative estimate of drug-likeness (QED) is 0.932. The lowest BCUT2D eigenvalue weighted by Crippen LogP contribution is -2.05. The minimum atomic E-state index is -0.982. The molecule has 2 rings (SSSR count). The molecule has 0 aliphatic rings. The molecular formula is C10H9BrN4O2. The molecule has 2 aromatic rings. The zero-order chi connectivity index (χ0) is 12.4. The number of hydrogen-bond acceptors (Lipinski definition) is 4. The van der Waals surface area contributed by atoms with Crippen LogP contribution in [-0.4, -0.2) is 31.3 Å². The molecule has 1 heterocycles. The largest absolute Gasteiger partial charge is 0.478 e. The summed E-state index contributed by atoms with van der Waals surface area (Å²) >= 11 is 3.35. The Kier molecular flexibility index (Phi) is 3.19. The van der Waals surface area contributed by atoms with Gasteiger partial charge in [-0.2, -0.15) is 4.68 Å². The van der Waals surface area contributed by atoms with Crippen LogP contribution in [0.15, 0.2) is 22.7 Å². The summed E-state index contributed by atoms with van der Waals surface area (Å²) in [6.07, 6.45) is 0.663. The fraction of sp³-hybridized carbons (Fsp3) is 0.200. The van der Waals surface area contributed by atoms with E-state index in [0.717, 1.165) is 4.47 Å². The van der Waals surface area contributed by atoms with E-state index in [9.17, 15) is 4.79 Å². The summed E-state index contributed by atoms with van der Waals surface area (Å²) in [5, 5.41) is 20.2. The van der Waals surface area contributed by atoms with Crippen LogP contribution in [0.1, 0.15) is 23.1 Å². The Morgan fingerprint density at radius 1 is 1.53 bits per heavy atom. The number of carbonyl (C=O) groups is 1. The van der Waals surface area contributed by atoms with Crippen molar-refractivity contribution in [2.24, 2.45) is 0 Å². The maximum atomic E-state index is 10.9. The van der Waals surface area contributed by atoms with Gasteiger partial charge >= 0.3 is 5.97 Å². The van der Waals surface area contributed by atoms with Gasteiger partial charge in [0.05, 0.1) is 11.3 Å². The molecule has 1 aromatic carbocycles. The number of aryl methyl sites for hydroxylation is 1. The number of aromatic carboxylic acids is 1. The number of rotatable bonds is 3. The Morgan fingerprint density at radius 2 is 2.29 bits per heavy atom. The van der Waals surface area contributed by atoms with Crippen LogP contribution >= 0.6 is 15.9 Å². The van der Waals surface area contributed by atoms with Crippen molar-refractivity contribution in [3.63, 3.8) is 0 Å². The summed E-state index contributed by atoms with van der Waals surface area (Å²) in [6.45, 7) is 1.93. The van der Waals surface area contributed by atoms with Crippen molar-refractivity contribution < 1.29 is 9.90 Å². The molecular weight excluding hydrogens is 288 g/mol. The molecule has 0 unspecified atom stereocenters. The third-order valence-electron chi connectivity index (χ3n) is 2.27. The van der Waals surface area contributed by atoms with Gasteiger partial charge in [0.2, 0.25) is 0 Å². The van der Waals surface area contributed by atoms with E-state index < -0.39 is 5.97 Å². The highest BCUT2D eigenvalue weighted by Gasteiger charge is 2.12. The van der Waals surface area contributed by atoms with E-state index in [4.69, 9.17) is 5.11 Å². The normalized spacial score (nSPS) is 10.5. The van der Waals surface area contributed by atoms with E-state index in [0.29, 0.717) is 17.9 Å². The van der Waals surface area contributed by atoms with Gasteiger partial charge in [0.25, 0.3) is 0 Å². The van der Waals surface area contributed by atoms with Gasteiger partial charge in [-0.1, -0.05) is 6.92 Å². The van der Waals surface area contributed by atoms with Gasteiger partial charge < -0.3 is 5.11 Å². The van der Waals surface area contributed by atoms with Gasteiger partial charge in [-0.05, 0) is 44.6 Å². The third kappa shape index (κ3) is 2.19. The number of benzene rings is 1. The van der Waals surface area contributed by atoms with E-state index in [1.54, 1.807) is 6.07 Å². The molecule has 1 aromatic heterocycles. The topological polar surface area (TPSA) is 80.9 Å². The fourth-order valence-corrected chi connectivity index (χ4v) is 1.84. The molecule has 0 bridgehead atoms. The van der Waals surface area contributed by atoms with Crippen LogP contribution in [0.3, 0.4) is 0 Å². The summed E-state index contributed by atoms with van der Waals surface area (Å²) < 4.78 is 2.26. The Balaban J connectivity index is 2.58. The molecule has 88 valence electrons. The second-order valence-electron chi connectivity index (χ2n) is 3.33. The van der Waals surface area contributed by atoms with Gasteiger partial charge in [-0.25, -0.2) is 4.79 Å². The van der Waals surface area contributed by atoms with Crippen molar-refractivity contribution in [2.45, 2.75) is 13.3 Å². The lowest BCUT2D eigenvalue weighted by molar-refractivity contribution is 0.0697. The molecule has 0 atom stereocenters. The van der Waals surface area contributed by atoms with Crippen LogP contribution < -0.4 is 0 Å². The van der Waals surface area contributed by atoms with Gasteiger partial charge in [0.1, 0.15) is 0 Å². The zero-order valence-corrected chi connectivity index (χ0v) is 10.5. The van der Waals surface area contributed by atoms with Crippen LogP contribution in [-0.2, 0) is 6.42 Å². The van der Waals surface area contributed by atoms with Crippen molar-refractivity contribution in [3.8, 4) is 5.69 Å². The van der Waals surface area contributed by atoms with E-state index in [1.807, 2.05) is 6.92 Å². The summed E-state index contributed by atoms with van der Waals surface area (Å²) in [6, 6.07) is 4.72. The predicted molar refractivity (Wildman–Crippen MR) is 63.2 cm³/mol. The summed E-state index contributed by atoms with van der Waals surface area (Å²) in [5.74, 6) is -0.307. The Morgan fingerprint density at radius 3 is 2.94 bits per heavy atom. The molecule has 6 nitrogen and oxygen atoms in total. The second kappa shape index (κ2) is 4.62. The number of tetrazole rings is 1. The highest BCUT2D eigenvalue weighted by Crippen LogP contribution is 2.22. The first-order valence-electron chi connectivity index (χ1n) is 4.94. The highest BCUT2D eigenvalue weighted by atomic mass is 79.9. The Labute approximate surface area is 105 Å². The molecule has 7 heteroatoms. The lowest BCUT2D eigenvalue weighted by Gasteiger charge is -2.06. The minimum Gasteiger partial charge on any atom is -0.478 e. The van der Waals surface area contributed by atoms with E-state index in [-0.39, 0.29) is 5.56 Å². The molecule has 0 fully saturated rings. The molecule has 1 N–H and O–H groups in total. The van der Waals surface area contributed by atoms with Crippen LogP contribution in [0.2, 0.25) is 0 Å². The molecule has 17 heavy (non-hydrogen) atoms. The van der Waals surface area contributed by atoms with E-state index in [1.165, 1.54) is 16.8 Å². The second-order valence-corrected chi connectivity index (χ2v) is 4.19. The first-order valence-corrected chi connectivity index (χ1v) is 5.73. The van der Waals surface area contributed by atoms with Crippen molar-refractivity contribution in [1.82, 2.24) is 20.2 Å². The van der Waals surface area contributed by atoms with Crippen LogP contribution in [0.4, 0.5) is 0 Å². The molecule has 0 spiro atoms. The Bertz CT molecular complexity index is 567. The summed E-state index contributed by atoms with van der Waals surface area (Å²) in [5.41, 5.74) is 0.813. The van der Waals surface area contributed by atoms with Crippen molar-refractivity contribution in [1.29, 1.82) is 0 Å². The summed E-state index contributed by atoms with van der Waals surface area (Å²) in [4.78, 5) is 10.9. The monoisotopic (exact) mass is 296 g/mol. The standard InChI is InChI=1S/C10H9BrN4O2/c1-2-9-12-13-14-15(9)8-5-6(10(16)17)3-4-7(8)11/h3-5H,2H2,1H3,(H,16,17). The van der Waals surface area contributed by atoms with Gasteiger partial charge in [0, 0.05) is 10.9 Å². The lowest BCUT2D eigenvalue weighted by atomic mass is 10.2. The van der Waals surface area contributed by atoms with Crippen molar-refractivity contribution >= 4 is 21.9 Å². The van der Waals surface area contributed by atoms with Crippen LogP contribution in [0, 0.1) is 0 Å². The maximum Gasteiger partial charge on any atom is 0.335 e. The molecule has 0 aliphatic carbocycles. The summed E-state index contributed by atoms with van der Waals surface area (Å²) in [7, 11) is 0. The molecule has 0 aliphatic heterocycles. The minimum absolute atomic E-state index is 0.195. The molecule has 0 amide bonds. The number of carboxylic acid groups (broad SMARTS) is 1. The first kappa shape index (κ1) is 11.7. The zero-order valence-electron chi connectivity index (χ0n) is 8.96. The SMILES string of the molecule is CCc1nnnn1-c1cc(C(=O)O)ccc1Br. The van der Waals surface area contributed by atoms with Crippen LogP contribution in [0.5, 0.6) is 0 Å². The molecule has 0 saturated heterocycles. The third-order valence-corrected chi connectivity index (χ3v) is 2.94. The molecule has 0 radical (unpaired) electrons. The Hall–Kier alpha value is -1.76. The van der Waals surface area contributed by atoms with Crippen LogP contribution in [0.25, 0.3) is 5.69 Å². The smallest absolute Gasteiger partial charge is 0.335 e. The average molecular weight is 297 g/mol. The van der Waals surface area contributed by atoms with E-state index in [2.05, 4.69) is 31.5 Å². The molecule has 0 saturated carbocycles. The highest BCUT2D eigenvalue weighted by molar-refractivity contribution is 9.10. The first-order chi connectivity index (χ1) is 8.13. The number of nitrogens with zero attached hydrogens (tertiary/aromatic N) is 4. The number of hydrogen-bond donors (Lipinski definition) is 1. The number of aromatic nitrogens is 4.